The van der Waals surface area contributed by atoms with Gasteiger partial charge in [-0.2, -0.15) is 20.1 Å². The van der Waals surface area contributed by atoms with Crippen LogP contribution in [0.4, 0.5) is 29.0 Å². The van der Waals surface area contributed by atoms with Crippen LogP contribution in [0.5, 0.6) is 11.5 Å². The molecule has 0 radical (unpaired) electrons. The predicted octanol–water partition coefficient (Wildman–Crippen LogP) is 0.0167. The largest absolute Gasteiger partial charge is 1.00 e. The monoisotopic (exact) mass is 665 g/mol. The topological polar surface area (TPSA) is 252 Å². The number of carbonyl (C=O) groups is 2. The molecule has 1 heterocycles. The summed E-state index contributed by atoms with van der Waals surface area (Å²) < 4.78 is 41.5. The van der Waals surface area contributed by atoms with Gasteiger partial charge in [0.05, 0.1) is 17.7 Å². The van der Waals surface area contributed by atoms with Crippen LogP contribution in [0.15, 0.2) is 63.7 Å². The number of nitrogens with two attached hydrogens (primary N) is 2. The van der Waals surface area contributed by atoms with Gasteiger partial charge in [0.25, 0.3) is 0 Å². The summed E-state index contributed by atoms with van der Waals surface area (Å²) in [6, 6.07) is 11.8. The van der Waals surface area contributed by atoms with E-state index in [1.165, 1.54) is 30.2 Å². The molecule has 0 spiro atoms. The second-order valence-electron chi connectivity index (χ2n) is 9.13. The number of phenols is 1. The van der Waals surface area contributed by atoms with Crippen molar-refractivity contribution >= 4 is 73.3 Å². The SMILES string of the molecule is COc1ccc(N=Nc2c(S(=O)(=O)[O-])cc3cc(Nc4nc(Cl)nc(N(CCC(N)=O)CCC(N)=O)n4)ccc3c2O)cc1.[Na+]. The Bertz CT molecular complexity index is 1840. The number of rotatable bonds is 13. The molecule has 0 bridgehead atoms. The Balaban J connectivity index is 0.00000552. The number of halogens is 1. The van der Waals surface area contributed by atoms with Crippen LogP contribution in [0.1, 0.15) is 12.8 Å². The maximum Gasteiger partial charge on any atom is 1.00 e. The number of carbonyl (C=O) groups excluding carboxylic acids is 2. The molecular weight excluding hydrogens is 641 g/mol. The number of phenolic OH excluding ortho intramolecular Hbond substituents is 1. The maximum atomic E-state index is 12.1. The molecule has 6 N–H and O–H groups in total. The van der Waals surface area contributed by atoms with E-state index < -0.39 is 38.3 Å². The number of anilines is 3. The molecular formula is C26H25ClN9NaO7S. The Morgan fingerprint density at radius 2 is 1.67 bits per heavy atom. The van der Waals surface area contributed by atoms with Crippen molar-refractivity contribution in [1.29, 1.82) is 0 Å². The Morgan fingerprint density at radius 3 is 2.24 bits per heavy atom. The number of ether oxygens (including phenoxy) is 1. The number of fused-ring (bicyclic) bond motifs is 1. The van der Waals surface area contributed by atoms with Crippen molar-refractivity contribution < 1.29 is 62.0 Å². The first-order valence-corrected chi connectivity index (χ1v) is 14.4. The van der Waals surface area contributed by atoms with E-state index in [4.69, 9.17) is 27.8 Å². The first-order valence-electron chi connectivity index (χ1n) is 12.7. The number of nitrogens with zero attached hydrogens (tertiary/aromatic N) is 6. The second kappa shape index (κ2) is 15.2. The van der Waals surface area contributed by atoms with Crippen LogP contribution >= 0.6 is 11.6 Å². The molecule has 0 atom stereocenters. The van der Waals surface area contributed by atoms with Gasteiger partial charge in [-0.15, -0.1) is 5.11 Å². The van der Waals surface area contributed by atoms with Gasteiger partial charge >= 0.3 is 29.6 Å². The van der Waals surface area contributed by atoms with Crippen molar-refractivity contribution in [1.82, 2.24) is 15.0 Å². The average molecular weight is 666 g/mol. The summed E-state index contributed by atoms with van der Waals surface area (Å²) in [5, 5.41) is 21.7. The number of aromatic hydroxyl groups is 1. The van der Waals surface area contributed by atoms with Crippen LogP contribution in [-0.2, 0) is 19.7 Å². The van der Waals surface area contributed by atoms with Crippen LogP contribution < -0.4 is 56.0 Å². The molecule has 230 valence electrons. The third kappa shape index (κ3) is 9.43. The van der Waals surface area contributed by atoms with Gasteiger partial charge in [-0.25, -0.2) is 8.42 Å². The zero-order valence-corrected chi connectivity index (χ0v) is 27.5. The van der Waals surface area contributed by atoms with E-state index in [2.05, 4.69) is 30.5 Å². The van der Waals surface area contributed by atoms with Crippen molar-refractivity contribution in [2.24, 2.45) is 21.7 Å². The second-order valence-corrected chi connectivity index (χ2v) is 10.8. The third-order valence-electron chi connectivity index (χ3n) is 6.05. The molecule has 19 heteroatoms. The average Bonchev–Trinajstić information content (AvgIpc) is 2.95. The zero-order valence-electron chi connectivity index (χ0n) is 24.0. The van der Waals surface area contributed by atoms with Crippen molar-refractivity contribution in [3.05, 3.63) is 53.8 Å². The van der Waals surface area contributed by atoms with Gasteiger partial charge in [0.1, 0.15) is 21.6 Å². The summed E-state index contributed by atoms with van der Waals surface area (Å²) in [4.78, 5) is 35.7. The number of aromatic nitrogens is 3. The number of hydrogen-bond donors (Lipinski definition) is 4. The molecule has 0 aliphatic rings. The minimum atomic E-state index is -5.10. The van der Waals surface area contributed by atoms with Crippen molar-refractivity contribution in [2.75, 3.05) is 30.4 Å². The quantitative estimate of drug-likeness (QED) is 0.0837. The van der Waals surface area contributed by atoms with Gasteiger partial charge in [-0.05, 0) is 65.5 Å². The standard InChI is InChI=1S/C26H26ClN9O7S.Na/c1-43-17-5-2-15(3-6-17)34-35-22-19(44(40,41)42)13-14-12-16(4-7-18(14)23(22)39)30-25-31-24(27)32-26(33-25)36(10-8-20(28)37)11-9-21(29)38;/h2-7,12-13,39H,8-11H2,1H3,(H2,28,37)(H2,29,38)(H,40,41,42)(H,30,31,32,33);/q;+1/p-1. The molecule has 4 aromatic rings. The Morgan fingerprint density at radius 1 is 1.02 bits per heavy atom. The molecule has 0 fully saturated rings. The first kappa shape index (κ1) is 35.4. The van der Waals surface area contributed by atoms with E-state index in [1.807, 2.05) is 0 Å². The van der Waals surface area contributed by atoms with Crippen LogP contribution in [0.25, 0.3) is 10.8 Å². The molecule has 3 aromatic carbocycles. The maximum absolute atomic E-state index is 12.1. The number of nitrogens with one attached hydrogen (secondary N) is 1. The van der Waals surface area contributed by atoms with E-state index in [-0.39, 0.29) is 83.4 Å². The minimum absolute atomic E-state index is 0. The van der Waals surface area contributed by atoms with E-state index >= 15 is 0 Å². The van der Waals surface area contributed by atoms with E-state index in [0.29, 0.717) is 17.1 Å². The molecule has 0 saturated heterocycles. The molecule has 0 aliphatic heterocycles. The van der Waals surface area contributed by atoms with Gasteiger partial charge in [0.15, 0.2) is 5.75 Å². The fraction of sp³-hybridized carbons (Fsp3) is 0.192. The number of benzene rings is 3. The molecule has 0 saturated carbocycles. The van der Waals surface area contributed by atoms with Gasteiger partial charge in [-0.3, -0.25) is 9.59 Å². The Labute approximate surface area is 283 Å². The Hall–Kier alpha value is -4.13. The minimum Gasteiger partial charge on any atom is -0.744 e. The summed E-state index contributed by atoms with van der Waals surface area (Å²) in [6.45, 7) is 0.143. The molecule has 2 amide bonds. The van der Waals surface area contributed by atoms with Crippen molar-refractivity contribution in [3.63, 3.8) is 0 Å². The number of azo groups is 1. The van der Waals surface area contributed by atoms with E-state index in [1.54, 1.807) is 24.3 Å². The van der Waals surface area contributed by atoms with Crippen molar-refractivity contribution in [3.8, 4) is 11.5 Å². The zero-order chi connectivity index (χ0) is 32.0. The normalized spacial score (nSPS) is 11.3. The predicted molar refractivity (Wildman–Crippen MR) is 159 cm³/mol. The molecule has 45 heavy (non-hydrogen) atoms. The van der Waals surface area contributed by atoms with E-state index in [0.717, 1.165) is 6.07 Å². The van der Waals surface area contributed by atoms with Crippen molar-refractivity contribution in [2.45, 2.75) is 17.7 Å². The van der Waals surface area contributed by atoms with Gasteiger partial charge in [0.2, 0.25) is 29.0 Å². The van der Waals surface area contributed by atoms with E-state index in [9.17, 15) is 27.7 Å². The summed E-state index contributed by atoms with van der Waals surface area (Å²) in [6.07, 6.45) is -0.128. The van der Waals surface area contributed by atoms with Crippen LogP contribution in [0.2, 0.25) is 5.28 Å². The summed E-state index contributed by atoms with van der Waals surface area (Å²) in [5.74, 6) is -1.21. The number of amides is 2. The molecule has 0 aliphatic carbocycles. The van der Waals surface area contributed by atoms with Crippen LogP contribution in [0, 0.1) is 0 Å². The summed E-state index contributed by atoms with van der Waals surface area (Å²) >= 11 is 6.11. The number of methoxy groups -OCH3 is 1. The molecule has 1 aromatic heterocycles. The van der Waals surface area contributed by atoms with Gasteiger partial charge < -0.3 is 36.1 Å². The number of primary amides is 2. The van der Waals surface area contributed by atoms with Gasteiger partial charge in [0, 0.05) is 37.0 Å². The van der Waals surface area contributed by atoms with Crippen LogP contribution in [0.3, 0.4) is 0 Å². The first-order chi connectivity index (χ1) is 20.8. The molecule has 4 rings (SSSR count). The Kier molecular flexibility index (Phi) is 12.0. The smallest absolute Gasteiger partial charge is 0.744 e. The fourth-order valence-corrected chi connectivity index (χ4v) is 4.74. The summed E-state index contributed by atoms with van der Waals surface area (Å²) in [5.41, 5.74) is 10.6. The summed E-state index contributed by atoms with van der Waals surface area (Å²) in [7, 11) is -3.61. The molecule has 16 nitrogen and oxygen atoms in total. The van der Waals surface area contributed by atoms with Crippen LogP contribution in [-0.4, -0.2) is 65.0 Å². The fourth-order valence-electron chi connectivity index (χ4n) is 3.94. The third-order valence-corrected chi connectivity index (χ3v) is 7.07. The van der Waals surface area contributed by atoms with Gasteiger partial charge in [-0.1, -0.05) is 0 Å². The molecule has 0 unspecified atom stereocenters. The number of hydrogen-bond acceptors (Lipinski definition) is 14.